The molecule has 1 nitrogen and oxygen atoms in total. The van der Waals surface area contributed by atoms with E-state index in [2.05, 4.69) is 15.9 Å². The molecule has 94 valence electrons. The van der Waals surface area contributed by atoms with Crippen LogP contribution in [-0.4, -0.2) is 5.11 Å². The lowest BCUT2D eigenvalue weighted by atomic mass is 10.00. The van der Waals surface area contributed by atoms with Crippen molar-refractivity contribution in [1.29, 1.82) is 0 Å². The summed E-state index contributed by atoms with van der Waals surface area (Å²) >= 11 is 3.37. The minimum atomic E-state index is -1.07. The number of aliphatic hydroxyl groups excluding tert-OH is 1. The summed E-state index contributed by atoms with van der Waals surface area (Å²) in [5, 5.41) is 10.2. The average Bonchev–Trinajstić information content (AvgIpc) is 2.30. The molecule has 0 fully saturated rings. The molecule has 2 aromatic rings. The van der Waals surface area contributed by atoms with Gasteiger partial charge >= 0.3 is 0 Å². The van der Waals surface area contributed by atoms with Gasteiger partial charge in [0.15, 0.2) is 0 Å². The Hall–Kier alpha value is -1.26. The van der Waals surface area contributed by atoms with E-state index in [4.69, 9.17) is 0 Å². The zero-order valence-corrected chi connectivity index (χ0v) is 11.2. The van der Waals surface area contributed by atoms with E-state index < -0.39 is 17.7 Å². The van der Waals surface area contributed by atoms with Crippen LogP contribution in [-0.2, 0) is 0 Å². The summed E-state index contributed by atoms with van der Waals surface area (Å²) in [4.78, 5) is 0. The van der Waals surface area contributed by atoms with Crippen LogP contribution >= 0.6 is 15.9 Å². The summed E-state index contributed by atoms with van der Waals surface area (Å²) in [5.41, 5.74) is 1.72. The Labute approximate surface area is 112 Å². The molecule has 4 heteroatoms. The Morgan fingerprint density at radius 3 is 2.33 bits per heavy atom. The van der Waals surface area contributed by atoms with Crippen LogP contribution < -0.4 is 0 Å². The molecule has 18 heavy (non-hydrogen) atoms. The Kier molecular flexibility index (Phi) is 3.78. The molecule has 2 aromatic carbocycles. The van der Waals surface area contributed by atoms with Crippen molar-refractivity contribution in [2.75, 3.05) is 0 Å². The monoisotopic (exact) mass is 312 g/mol. The normalized spacial score (nSPS) is 12.5. The largest absolute Gasteiger partial charge is 0.384 e. The first-order valence-corrected chi connectivity index (χ1v) is 6.17. The molecule has 0 saturated heterocycles. The van der Waals surface area contributed by atoms with E-state index in [9.17, 15) is 13.9 Å². The van der Waals surface area contributed by atoms with Crippen LogP contribution in [0.2, 0.25) is 0 Å². The summed E-state index contributed by atoms with van der Waals surface area (Å²) in [6, 6.07) is 8.41. The van der Waals surface area contributed by atoms with E-state index in [0.29, 0.717) is 5.56 Å². The molecule has 2 rings (SSSR count). The van der Waals surface area contributed by atoms with Gasteiger partial charge in [-0.05, 0) is 35.7 Å². The molecule has 0 amide bonds. The number of hydrogen-bond acceptors (Lipinski definition) is 1. The molecule has 0 aliphatic rings. The maximum atomic E-state index is 13.1. The average molecular weight is 313 g/mol. The van der Waals surface area contributed by atoms with E-state index in [1.54, 1.807) is 12.1 Å². The summed E-state index contributed by atoms with van der Waals surface area (Å²) in [6.45, 7) is 1.88. The highest BCUT2D eigenvalue weighted by molar-refractivity contribution is 9.10. The first kappa shape index (κ1) is 13.2. The van der Waals surface area contributed by atoms with Gasteiger partial charge < -0.3 is 5.11 Å². The van der Waals surface area contributed by atoms with Gasteiger partial charge in [-0.3, -0.25) is 0 Å². The highest BCUT2D eigenvalue weighted by Crippen LogP contribution is 2.31. The van der Waals surface area contributed by atoms with Crippen molar-refractivity contribution >= 4 is 15.9 Å². The van der Waals surface area contributed by atoms with Crippen molar-refractivity contribution in [3.8, 4) is 0 Å². The molecule has 0 saturated carbocycles. The minimum absolute atomic E-state index is 0.193. The van der Waals surface area contributed by atoms with E-state index in [1.807, 2.05) is 13.0 Å². The van der Waals surface area contributed by atoms with Crippen LogP contribution in [0.15, 0.2) is 40.9 Å². The van der Waals surface area contributed by atoms with E-state index in [0.717, 1.165) is 28.2 Å². The molecule has 1 N–H and O–H groups in total. The van der Waals surface area contributed by atoms with Gasteiger partial charge in [-0.2, -0.15) is 0 Å². The fourth-order valence-corrected chi connectivity index (χ4v) is 2.28. The minimum Gasteiger partial charge on any atom is -0.384 e. The third kappa shape index (κ3) is 2.60. The Bertz CT molecular complexity index is 564. The smallest absolute Gasteiger partial charge is 0.126 e. The van der Waals surface area contributed by atoms with Crippen molar-refractivity contribution in [3.63, 3.8) is 0 Å². The SMILES string of the molecule is Cc1cccc(C(O)c2cc(F)cc(F)c2)c1Br. The molecule has 1 atom stereocenters. The molecular formula is C14H11BrF2O. The zero-order chi connectivity index (χ0) is 13.3. The van der Waals surface area contributed by atoms with Gasteiger partial charge in [0.2, 0.25) is 0 Å². The van der Waals surface area contributed by atoms with E-state index in [-0.39, 0.29) is 5.56 Å². The first-order valence-electron chi connectivity index (χ1n) is 5.38. The maximum Gasteiger partial charge on any atom is 0.126 e. The summed E-state index contributed by atoms with van der Waals surface area (Å²) < 4.78 is 27.0. The maximum absolute atomic E-state index is 13.1. The van der Waals surface area contributed by atoms with Crippen molar-refractivity contribution in [2.24, 2.45) is 0 Å². The summed E-state index contributed by atoms with van der Waals surface area (Å²) in [6.07, 6.45) is -1.07. The van der Waals surface area contributed by atoms with Crippen LogP contribution in [0, 0.1) is 18.6 Å². The van der Waals surface area contributed by atoms with Gasteiger partial charge in [0.25, 0.3) is 0 Å². The molecule has 0 aliphatic heterocycles. The van der Waals surface area contributed by atoms with Crippen molar-refractivity contribution in [1.82, 2.24) is 0 Å². The summed E-state index contributed by atoms with van der Waals surface area (Å²) in [7, 11) is 0. The third-order valence-electron chi connectivity index (χ3n) is 2.72. The third-order valence-corrected chi connectivity index (χ3v) is 3.80. The van der Waals surface area contributed by atoms with Crippen molar-refractivity contribution in [3.05, 3.63) is 69.2 Å². The van der Waals surface area contributed by atoms with Crippen LogP contribution in [0.5, 0.6) is 0 Å². The van der Waals surface area contributed by atoms with Crippen LogP contribution in [0.3, 0.4) is 0 Å². The van der Waals surface area contributed by atoms with Crippen molar-refractivity contribution in [2.45, 2.75) is 13.0 Å². The van der Waals surface area contributed by atoms with Crippen LogP contribution in [0.4, 0.5) is 8.78 Å². The lowest BCUT2D eigenvalue weighted by Crippen LogP contribution is -2.02. The number of benzene rings is 2. The highest BCUT2D eigenvalue weighted by Gasteiger charge is 2.16. The second kappa shape index (κ2) is 5.16. The predicted molar refractivity (Wildman–Crippen MR) is 69.3 cm³/mol. The number of hydrogen-bond donors (Lipinski definition) is 1. The van der Waals surface area contributed by atoms with Gasteiger partial charge in [0.05, 0.1) is 0 Å². The van der Waals surface area contributed by atoms with Gasteiger partial charge in [-0.15, -0.1) is 0 Å². The Morgan fingerprint density at radius 1 is 1.11 bits per heavy atom. The molecule has 0 aliphatic carbocycles. The molecule has 0 bridgehead atoms. The van der Waals surface area contributed by atoms with Crippen LogP contribution in [0.1, 0.15) is 22.8 Å². The second-order valence-corrected chi connectivity index (χ2v) is 4.88. The molecule has 0 heterocycles. The first-order chi connectivity index (χ1) is 8.49. The van der Waals surface area contributed by atoms with Crippen molar-refractivity contribution < 1.29 is 13.9 Å². The molecule has 0 spiro atoms. The Balaban J connectivity index is 2.47. The molecule has 0 radical (unpaired) electrons. The highest BCUT2D eigenvalue weighted by atomic mass is 79.9. The Morgan fingerprint density at radius 2 is 1.72 bits per heavy atom. The number of aliphatic hydroxyl groups is 1. The lowest BCUT2D eigenvalue weighted by molar-refractivity contribution is 0.218. The van der Waals surface area contributed by atoms with Gasteiger partial charge in [-0.1, -0.05) is 34.1 Å². The fourth-order valence-electron chi connectivity index (χ4n) is 1.79. The quantitative estimate of drug-likeness (QED) is 0.884. The topological polar surface area (TPSA) is 20.2 Å². The number of rotatable bonds is 2. The lowest BCUT2D eigenvalue weighted by Gasteiger charge is -2.15. The standard InChI is InChI=1S/C14H11BrF2O/c1-8-3-2-4-12(13(8)15)14(18)9-5-10(16)7-11(17)6-9/h2-7,14,18H,1H3. The number of halogens is 3. The van der Waals surface area contributed by atoms with Gasteiger partial charge in [-0.25, -0.2) is 8.78 Å². The zero-order valence-electron chi connectivity index (χ0n) is 9.62. The molecular weight excluding hydrogens is 302 g/mol. The van der Waals surface area contributed by atoms with Crippen LogP contribution in [0.25, 0.3) is 0 Å². The summed E-state index contributed by atoms with van der Waals surface area (Å²) in [5.74, 6) is -1.40. The second-order valence-electron chi connectivity index (χ2n) is 4.08. The van der Waals surface area contributed by atoms with E-state index >= 15 is 0 Å². The number of aryl methyl sites for hydroxylation is 1. The van der Waals surface area contributed by atoms with E-state index in [1.165, 1.54) is 0 Å². The molecule has 1 unspecified atom stereocenters. The van der Waals surface area contributed by atoms with Gasteiger partial charge in [0.1, 0.15) is 17.7 Å². The molecule has 0 aromatic heterocycles. The predicted octanol–water partition coefficient (Wildman–Crippen LogP) is 4.12. The fraction of sp³-hybridized carbons (Fsp3) is 0.143. The van der Waals surface area contributed by atoms with Gasteiger partial charge in [0, 0.05) is 10.5 Å².